The van der Waals surface area contributed by atoms with E-state index in [9.17, 15) is 4.79 Å². The van der Waals surface area contributed by atoms with E-state index in [1.54, 1.807) is 24.3 Å². The van der Waals surface area contributed by atoms with Crippen LogP contribution in [0, 0.1) is 0 Å². The summed E-state index contributed by atoms with van der Waals surface area (Å²) in [5.41, 5.74) is 6.48. The van der Waals surface area contributed by atoms with Gasteiger partial charge in [0.15, 0.2) is 0 Å². The van der Waals surface area contributed by atoms with Crippen LogP contribution in [0.1, 0.15) is 0 Å². The highest BCUT2D eigenvalue weighted by atomic mass is 16.2. The number of nitrogen functional groups attached to an aromatic ring is 1. The number of nitrogens with two attached hydrogens (primary N) is 1. The van der Waals surface area contributed by atoms with Gasteiger partial charge in [0.05, 0.1) is 5.69 Å². The third-order valence-electron chi connectivity index (χ3n) is 1.84. The minimum absolute atomic E-state index is 0.296. The van der Waals surface area contributed by atoms with Gasteiger partial charge in [0.25, 0.3) is 0 Å². The van der Waals surface area contributed by atoms with Crippen LogP contribution < -0.4 is 11.4 Å². The van der Waals surface area contributed by atoms with Crippen LogP contribution in [0.3, 0.4) is 0 Å². The van der Waals surface area contributed by atoms with Crippen LogP contribution in [-0.4, -0.2) is 19.8 Å². The SMILES string of the molecule is Cn1nnn(-c2cccc(N)c2)c1=O. The molecule has 0 radical (unpaired) electrons. The van der Waals surface area contributed by atoms with Crippen LogP contribution in [0.5, 0.6) is 0 Å². The number of aromatic nitrogens is 4. The topological polar surface area (TPSA) is 78.7 Å². The molecule has 2 aromatic rings. The first-order valence-corrected chi connectivity index (χ1v) is 4.03. The molecule has 1 aromatic heterocycles. The van der Waals surface area contributed by atoms with Gasteiger partial charge in [-0.15, -0.1) is 0 Å². The molecule has 6 nitrogen and oxygen atoms in total. The molecule has 0 amide bonds. The number of benzene rings is 1. The molecular formula is C8H9N5O. The number of tetrazole rings is 1. The molecule has 14 heavy (non-hydrogen) atoms. The monoisotopic (exact) mass is 191 g/mol. The van der Waals surface area contributed by atoms with Gasteiger partial charge in [0, 0.05) is 12.7 Å². The summed E-state index contributed by atoms with van der Waals surface area (Å²) in [6, 6.07) is 6.90. The fourth-order valence-electron chi connectivity index (χ4n) is 1.13. The standard InChI is InChI=1S/C8H9N5O/c1-12-8(14)13(11-10-12)7-4-2-3-6(9)5-7/h2-5H,9H2,1H3. The van der Waals surface area contributed by atoms with Gasteiger partial charge in [-0.25, -0.2) is 4.79 Å². The van der Waals surface area contributed by atoms with Crippen LogP contribution in [-0.2, 0) is 7.05 Å². The van der Waals surface area contributed by atoms with Crippen molar-refractivity contribution in [2.45, 2.75) is 0 Å². The fourth-order valence-corrected chi connectivity index (χ4v) is 1.13. The van der Waals surface area contributed by atoms with Crippen LogP contribution >= 0.6 is 0 Å². The molecule has 0 atom stereocenters. The number of anilines is 1. The van der Waals surface area contributed by atoms with Gasteiger partial charge in [-0.05, 0) is 28.6 Å². The Hall–Kier alpha value is -2.11. The largest absolute Gasteiger partial charge is 0.399 e. The molecular weight excluding hydrogens is 182 g/mol. The number of rotatable bonds is 1. The van der Waals surface area contributed by atoms with E-state index >= 15 is 0 Å². The summed E-state index contributed by atoms with van der Waals surface area (Å²) in [4.78, 5) is 11.4. The lowest BCUT2D eigenvalue weighted by molar-refractivity contribution is 0.693. The summed E-state index contributed by atoms with van der Waals surface area (Å²) in [5.74, 6) is 0. The van der Waals surface area contributed by atoms with Crippen molar-refractivity contribution in [2.75, 3.05) is 5.73 Å². The number of hydrogen-bond donors (Lipinski definition) is 1. The van der Waals surface area contributed by atoms with E-state index in [1.165, 1.54) is 11.7 Å². The lowest BCUT2D eigenvalue weighted by atomic mass is 10.3. The summed E-state index contributed by atoms with van der Waals surface area (Å²) in [6.07, 6.45) is 0. The maximum atomic E-state index is 11.4. The van der Waals surface area contributed by atoms with Crippen molar-refractivity contribution >= 4 is 5.69 Å². The zero-order valence-electron chi connectivity index (χ0n) is 7.58. The lowest BCUT2D eigenvalue weighted by Gasteiger charge is -1.98. The van der Waals surface area contributed by atoms with Crippen LogP contribution in [0.25, 0.3) is 5.69 Å². The first-order valence-electron chi connectivity index (χ1n) is 4.03. The highest BCUT2D eigenvalue weighted by Crippen LogP contribution is 2.07. The molecule has 0 fully saturated rings. The highest BCUT2D eigenvalue weighted by Gasteiger charge is 2.04. The Balaban J connectivity index is 2.60. The highest BCUT2D eigenvalue weighted by molar-refractivity contribution is 5.46. The predicted molar refractivity (Wildman–Crippen MR) is 51.0 cm³/mol. The zero-order chi connectivity index (χ0) is 10.1. The third-order valence-corrected chi connectivity index (χ3v) is 1.84. The third kappa shape index (κ3) is 1.26. The summed E-state index contributed by atoms with van der Waals surface area (Å²) >= 11 is 0. The first kappa shape index (κ1) is 8.49. The Morgan fingerprint density at radius 3 is 2.71 bits per heavy atom. The van der Waals surface area contributed by atoms with Crippen molar-refractivity contribution in [1.82, 2.24) is 19.8 Å². The van der Waals surface area contributed by atoms with Gasteiger partial charge in [-0.2, -0.15) is 9.36 Å². The van der Waals surface area contributed by atoms with Gasteiger partial charge in [-0.3, -0.25) is 0 Å². The molecule has 1 aromatic carbocycles. The molecule has 0 aliphatic heterocycles. The first-order chi connectivity index (χ1) is 6.68. The minimum Gasteiger partial charge on any atom is -0.399 e. The van der Waals surface area contributed by atoms with Gasteiger partial charge >= 0.3 is 5.69 Å². The summed E-state index contributed by atoms with van der Waals surface area (Å²) in [5, 5.41) is 7.29. The quantitative estimate of drug-likeness (QED) is 0.619. The molecule has 2 rings (SSSR count). The smallest absolute Gasteiger partial charge is 0.368 e. The maximum Gasteiger partial charge on any atom is 0.368 e. The summed E-state index contributed by atoms with van der Waals surface area (Å²) in [7, 11) is 1.54. The minimum atomic E-state index is -0.296. The van der Waals surface area contributed by atoms with E-state index in [4.69, 9.17) is 5.73 Å². The number of hydrogen-bond acceptors (Lipinski definition) is 4. The van der Waals surface area contributed by atoms with E-state index in [0.29, 0.717) is 11.4 Å². The average molecular weight is 191 g/mol. The van der Waals surface area contributed by atoms with Crippen LogP contribution in [0.2, 0.25) is 0 Å². The Morgan fingerprint density at radius 2 is 2.14 bits per heavy atom. The molecule has 0 unspecified atom stereocenters. The fraction of sp³-hybridized carbons (Fsp3) is 0.125. The normalized spacial score (nSPS) is 10.4. The summed E-state index contributed by atoms with van der Waals surface area (Å²) < 4.78 is 2.35. The van der Waals surface area contributed by atoms with Crippen molar-refractivity contribution in [3.63, 3.8) is 0 Å². The molecule has 0 aliphatic rings. The summed E-state index contributed by atoms with van der Waals surface area (Å²) in [6.45, 7) is 0. The van der Waals surface area contributed by atoms with Crippen molar-refractivity contribution in [3.05, 3.63) is 34.7 Å². The molecule has 0 spiro atoms. The molecule has 6 heteroatoms. The maximum absolute atomic E-state index is 11.4. The molecule has 1 heterocycles. The van der Waals surface area contributed by atoms with Gasteiger partial charge < -0.3 is 5.73 Å². The molecule has 72 valence electrons. The Kier molecular flexibility index (Phi) is 1.81. The second kappa shape index (κ2) is 2.99. The van der Waals surface area contributed by atoms with Crippen LogP contribution in [0.15, 0.2) is 29.1 Å². The lowest BCUT2D eigenvalue weighted by Crippen LogP contribution is -2.21. The number of aryl methyl sites for hydroxylation is 1. The van der Waals surface area contributed by atoms with E-state index in [0.717, 1.165) is 4.68 Å². The van der Waals surface area contributed by atoms with E-state index in [2.05, 4.69) is 10.4 Å². The Bertz CT molecular complexity index is 512. The van der Waals surface area contributed by atoms with Crippen molar-refractivity contribution in [3.8, 4) is 5.69 Å². The van der Waals surface area contributed by atoms with Crippen molar-refractivity contribution < 1.29 is 0 Å². The molecule has 0 aliphatic carbocycles. The van der Waals surface area contributed by atoms with E-state index < -0.39 is 0 Å². The van der Waals surface area contributed by atoms with Gasteiger partial charge in [0.2, 0.25) is 0 Å². The van der Waals surface area contributed by atoms with E-state index in [1.807, 2.05) is 0 Å². The Labute approximate surface area is 79.5 Å². The number of nitrogens with zero attached hydrogens (tertiary/aromatic N) is 4. The second-order valence-corrected chi connectivity index (χ2v) is 2.89. The zero-order valence-corrected chi connectivity index (χ0v) is 7.58. The average Bonchev–Trinajstić information content (AvgIpc) is 2.48. The molecule has 2 N–H and O–H groups in total. The Morgan fingerprint density at radius 1 is 1.36 bits per heavy atom. The van der Waals surface area contributed by atoms with Gasteiger partial charge in [-0.1, -0.05) is 6.07 Å². The van der Waals surface area contributed by atoms with Gasteiger partial charge in [0.1, 0.15) is 0 Å². The van der Waals surface area contributed by atoms with Crippen molar-refractivity contribution in [2.24, 2.45) is 7.05 Å². The predicted octanol–water partition coefficient (Wildman–Crippen LogP) is -0.452. The molecule has 0 saturated carbocycles. The van der Waals surface area contributed by atoms with E-state index in [-0.39, 0.29) is 5.69 Å². The van der Waals surface area contributed by atoms with Crippen LogP contribution in [0.4, 0.5) is 5.69 Å². The van der Waals surface area contributed by atoms with Crippen molar-refractivity contribution in [1.29, 1.82) is 0 Å². The molecule has 0 bridgehead atoms. The second-order valence-electron chi connectivity index (χ2n) is 2.89. The molecule has 0 saturated heterocycles.